The molecule has 0 unspecified atom stereocenters. The van der Waals surface area contributed by atoms with Crippen molar-refractivity contribution in [3.8, 4) is 11.5 Å². The van der Waals surface area contributed by atoms with Gasteiger partial charge in [0.25, 0.3) is 0 Å². The van der Waals surface area contributed by atoms with Crippen LogP contribution in [-0.4, -0.2) is 29.4 Å². The smallest absolute Gasteiger partial charge is 0.249 e. The molecule has 0 saturated heterocycles. The predicted octanol–water partition coefficient (Wildman–Crippen LogP) is 3.99. The lowest BCUT2D eigenvalue weighted by atomic mass is 10.1. The molecule has 2 aromatic carbocycles. The lowest BCUT2D eigenvalue weighted by Crippen LogP contribution is -2.04. The third-order valence-electron chi connectivity index (χ3n) is 4.08. The van der Waals surface area contributed by atoms with Gasteiger partial charge in [0, 0.05) is 11.8 Å². The Bertz CT molecular complexity index is 914. The van der Waals surface area contributed by atoms with Crippen molar-refractivity contribution >= 4 is 23.1 Å². The predicted molar refractivity (Wildman–Crippen MR) is 102 cm³/mol. The molecule has 0 fully saturated rings. The van der Waals surface area contributed by atoms with Crippen molar-refractivity contribution in [1.82, 2.24) is 15.2 Å². The van der Waals surface area contributed by atoms with Crippen LogP contribution in [0.3, 0.4) is 0 Å². The van der Waals surface area contributed by atoms with E-state index < -0.39 is 0 Å². The molecule has 134 valence electrons. The fourth-order valence-electron chi connectivity index (χ4n) is 2.47. The lowest BCUT2D eigenvalue weighted by Gasteiger charge is -2.13. The van der Waals surface area contributed by atoms with Crippen molar-refractivity contribution in [1.29, 1.82) is 0 Å². The molecular weight excluding hydrogens is 330 g/mol. The highest BCUT2D eigenvalue weighted by Gasteiger charge is 2.09. The zero-order chi connectivity index (χ0) is 18.5. The van der Waals surface area contributed by atoms with E-state index in [1.165, 1.54) is 5.56 Å². The maximum atomic E-state index is 5.36. The van der Waals surface area contributed by atoms with E-state index in [9.17, 15) is 0 Å². The molecule has 0 bridgehead atoms. The van der Waals surface area contributed by atoms with E-state index in [1.807, 2.05) is 30.3 Å². The van der Waals surface area contributed by atoms with E-state index in [-0.39, 0.29) is 0 Å². The average molecular weight is 351 g/mol. The molecule has 0 atom stereocenters. The monoisotopic (exact) mass is 351 g/mol. The number of benzene rings is 2. The number of aryl methyl sites for hydroxylation is 1. The quantitative estimate of drug-likeness (QED) is 0.695. The van der Waals surface area contributed by atoms with Gasteiger partial charge in [-0.25, -0.2) is 0 Å². The fraction of sp³-hybridized carbons (Fsp3) is 0.211. The van der Waals surface area contributed by atoms with Crippen molar-refractivity contribution < 1.29 is 9.47 Å². The van der Waals surface area contributed by atoms with Crippen molar-refractivity contribution in [2.75, 3.05) is 24.9 Å². The van der Waals surface area contributed by atoms with Crippen molar-refractivity contribution in [2.45, 2.75) is 13.8 Å². The van der Waals surface area contributed by atoms with E-state index in [4.69, 9.17) is 9.47 Å². The summed E-state index contributed by atoms with van der Waals surface area (Å²) in [5.74, 6) is 2.30. The zero-order valence-electron chi connectivity index (χ0n) is 15.2. The van der Waals surface area contributed by atoms with Gasteiger partial charge in [0.2, 0.25) is 5.95 Å². The number of aromatic nitrogens is 3. The lowest BCUT2D eigenvalue weighted by molar-refractivity contribution is 0.405. The largest absolute Gasteiger partial charge is 0.497 e. The van der Waals surface area contributed by atoms with Crippen LogP contribution in [0.15, 0.2) is 42.6 Å². The first-order valence-corrected chi connectivity index (χ1v) is 8.12. The number of ether oxygens (including phenoxy) is 2. The van der Waals surface area contributed by atoms with Crippen LogP contribution in [0.25, 0.3) is 0 Å². The standard InChI is InChI=1S/C19H21N5O2/c1-12-6-5-7-15(13(12)2)21-18-11-20-24-19(23-18)22-16-10-14(25-3)8-9-17(16)26-4/h5-11H,1-4H3,(H2,21,22,23,24). The minimum atomic E-state index is 0.354. The number of nitrogens with zero attached hydrogens (tertiary/aromatic N) is 3. The van der Waals surface area contributed by atoms with Gasteiger partial charge in [-0.15, -0.1) is 5.10 Å². The number of hydrogen-bond donors (Lipinski definition) is 2. The second kappa shape index (κ2) is 7.69. The van der Waals surface area contributed by atoms with E-state index in [1.54, 1.807) is 20.4 Å². The summed E-state index contributed by atoms with van der Waals surface area (Å²) in [6, 6.07) is 11.5. The Morgan fingerprint density at radius 1 is 0.923 bits per heavy atom. The molecule has 0 aliphatic rings. The molecule has 2 N–H and O–H groups in total. The van der Waals surface area contributed by atoms with Gasteiger partial charge in [-0.05, 0) is 43.2 Å². The van der Waals surface area contributed by atoms with Crippen LogP contribution in [0.4, 0.5) is 23.1 Å². The molecule has 0 spiro atoms. The molecule has 0 amide bonds. The van der Waals surface area contributed by atoms with Gasteiger partial charge >= 0.3 is 0 Å². The van der Waals surface area contributed by atoms with Crippen LogP contribution in [0, 0.1) is 13.8 Å². The van der Waals surface area contributed by atoms with E-state index in [0.29, 0.717) is 29.0 Å². The Labute approximate surface area is 152 Å². The average Bonchev–Trinajstić information content (AvgIpc) is 2.66. The van der Waals surface area contributed by atoms with Crippen LogP contribution in [0.5, 0.6) is 11.5 Å². The summed E-state index contributed by atoms with van der Waals surface area (Å²) in [7, 11) is 3.21. The van der Waals surface area contributed by atoms with E-state index in [0.717, 1.165) is 11.3 Å². The third kappa shape index (κ3) is 3.83. The highest BCUT2D eigenvalue weighted by molar-refractivity contribution is 5.66. The SMILES string of the molecule is COc1ccc(OC)c(Nc2nncc(Nc3cccc(C)c3C)n2)c1. The molecule has 0 radical (unpaired) electrons. The first-order valence-electron chi connectivity index (χ1n) is 8.12. The van der Waals surface area contributed by atoms with Crippen LogP contribution in [0.2, 0.25) is 0 Å². The van der Waals surface area contributed by atoms with Gasteiger partial charge in [-0.3, -0.25) is 0 Å². The van der Waals surface area contributed by atoms with Crippen LogP contribution in [0.1, 0.15) is 11.1 Å². The second-order valence-electron chi connectivity index (χ2n) is 5.73. The van der Waals surface area contributed by atoms with Gasteiger partial charge in [0.1, 0.15) is 11.5 Å². The molecule has 1 aromatic heterocycles. The molecule has 1 heterocycles. The second-order valence-corrected chi connectivity index (χ2v) is 5.73. The minimum Gasteiger partial charge on any atom is -0.497 e. The molecule has 0 aliphatic heterocycles. The summed E-state index contributed by atoms with van der Waals surface area (Å²) < 4.78 is 10.6. The minimum absolute atomic E-state index is 0.354. The first-order chi connectivity index (χ1) is 12.6. The van der Waals surface area contributed by atoms with Crippen LogP contribution < -0.4 is 20.1 Å². The van der Waals surface area contributed by atoms with Gasteiger partial charge in [-0.2, -0.15) is 10.1 Å². The fourth-order valence-corrected chi connectivity index (χ4v) is 2.47. The van der Waals surface area contributed by atoms with Crippen LogP contribution in [-0.2, 0) is 0 Å². The summed E-state index contributed by atoms with van der Waals surface area (Å²) in [6.45, 7) is 4.13. The number of anilines is 4. The Morgan fingerprint density at radius 3 is 2.54 bits per heavy atom. The highest BCUT2D eigenvalue weighted by Crippen LogP contribution is 2.30. The molecule has 0 aliphatic carbocycles. The van der Waals surface area contributed by atoms with Crippen molar-refractivity contribution in [3.05, 3.63) is 53.7 Å². The Kier molecular flexibility index (Phi) is 5.17. The van der Waals surface area contributed by atoms with Gasteiger partial charge < -0.3 is 20.1 Å². The zero-order valence-corrected chi connectivity index (χ0v) is 15.2. The first kappa shape index (κ1) is 17.5. The maximum absolute atomic E-state index is 5.36. The van der Waals surface area contributed by atoms with Gasteiger partial charge in [0.05, 0.1) is 26.1 Å². The van der Waals surface area contributed by atoms with E-state index in [2.05, 4.69) is 45.7 Å². The molecule has 3 aromatic rings. The van der Waals surface area contributed by atoms with Crippen molar-refractivity contribution in [3.63, 3.8) is 0 Å². The molecular formula is C19H21N5O2. The molecule has 7 heteroatoms. The summed E-state index contributed by atoms with van der Waals surface area (Å²) in [6.07, 6.45) is 1.58. The number of rotatable bonds is 6. The molecule has 0 saturated carbocycles. The topological polar surface area (TPSA) is 81.2 Å². The number of nitrogens with one attached hydrogen (secondary N) is 2. The van der Waals surface area contributed by atoms with Crippen molar-refractivity contribution in [2.24, 2.45) is 0 Å². The highest BCUT2D eigenvalue weighted by atomic mass is 16.5. The molecule has 26 heavy (non-hydrogen) atoms. The summed E-state index contributed by atoms with van der Waals surface area (Å²) in [4.78, 5) is 4.47. The van der Waals surface area contributed by atoms with E-state index >= 15 is 0 Å². The number of methoxy groups -OCH3 is 2. The number of hydrogen-bond acceptors (Lipinski definition) is 7. The summed E-state index contributed by atoms with van der Waals surface area (Å²) in [5.41, 5.74) is 4.04. The third-order valence-corrected chi connectivity index (χ3v) is 4.08. The Morgan fingerprint density at radius 2 is 1.77 bits per heavy atom. The Balaban J connectivity index is 1.85. The van der Waals surface area contributed by atoms with Gasteiger partial charge in [-0.1, -0.05) is 12.1 Å². The maximum Gasteiger partial charge on any atom is 0.249 e. The van der Waals surface area contributed by atoms with Gasteiger partial charge in [0.15, 0.2) is 5.82 Å². The molecule has 7 nitrogen and oxygen atoms in total. The summed E-state index contributed by atoms with van der Waals surface area (Å²) >= 11 is 0. The molecule has 3 rings (SSSR count). The van der Waals surface area contributed by atoms with Crippen LogP contribution >= 0.6 is 0 Å². The Hall–Kier alpha value is -3.35. The normalized spacial score (nSPS) is 10.3. The summed E-state index contributed by atoms with van der Waals surface area (Å²) in [5, 5.41) is 14.5.